The van der Waals surface area contributed by atoms with E-state index >= 15 is 0 Å². The standard InChI is InChI=1S/C23H27B2N/c1-14-9-15(2)11-18(10-14)22-19-8-7-17(12-16-5-3-4-6-16)13-20(19)21(24)23(25)26-22/h7-11,13,16H,3-6,12,24-25H2,1-2H3. The summed E-state index contributed by atoms with van der Waals surface area (Å²) in [7, 11) is 4.36. The molecule has 1 aromatic heterocycles. The average molecular weight is 339 g/mol. The maximum absolute atomic E-state index is 4.99. The quantitative estimate of drug-likeness (QED) is 0.669. The summed E-state index contributed by atoms with van der Waals surface area (Å²) >= 11 is 0. The van der Waals surface area contributed by atoms with Crippen LogP contribution in [0, 0.1) is 19.8 Å². The van der Waals surface area contributed by atoms with Crippen LogP contribution in [-0.2, 0) is 6.42 Å². The fraction of sp³-hybridized carbons (Fsp3) is 0.348. The molecule has 0 aliphatic heterocycles. The second kappa shape index (κ2) is 6.95. The van der Waals surface area contributed by atoms with Gasteiger partial charge in [0.1, 0.15) is 7.85 Å². The number of nitrogens with zero attached hydrogens (tertiary/aromatic N) is 1. The summed E-state index contributed by atoms with van der Waals surface area (Å²) in [4.78, 5) is 4.99. The molecule has 0 radical (unpaired) electrons. The maximum atomic E-state index is 4.99. The van der Waals surface area contributed by atoms with Gasteiger partial charge in [0.25, 0.3) is 0 Å². The molecule has 1 aliphatic carbocycles. The summed E-state index contributed by atoms with van der Waals surface area (Å²) in [6.07, 6.45) is 6.87. The van der Waals surface area contributed by atoms with Gasteiger partial charge in [0, 0.05) is 10.9 Å². The lowest BCUT2D eigenvalue weighted by atomic mass is 9.80. The van der Waals surface area contributed by atoms with Crippen LogP contribution in [0.2, 0.25) is 0 Å². The number of benzene rings is 2. The van der Waals surface area contributed by atoms with Crippen molar-refractivity contribution in [1.29, 1.82) is 0 Å². The first kappa shape index (κ1) is 17.4. The van der Waals surface area contributed by atoms with Crippen molar-refractivity contribution in [2.45, 2.75) is 46.0 Å². The van der Waals surface area contributed by atoms with E-state index in [0.29, 0.717) is 0 Å². The predicted octanol–water partition coefficient (Wildman–Crippen LogP) is 2.77. The van der Waals surface area contributed by atoms with E-state index < -0.39 is 0 Å². The first-order chi connectivity index (χ1) is 12.5. The Morgan fingerprint density at radius 1 is 0.923 bits per heavy atom. The van der Waals surface area contributed by atoms with Gasteiger partial charge in [0.15, 0.2) is 7.85 Å². The highest BCUT2D eigenvalue weighted by Crippen LogP contribution is 2.31. The van der Waals surface area contributed by atoms with E-state index in [2.05, 4.69) is 65.9 Å². The van der Waals surface area contributed by atoms with Crippen molar-refractivity contribution in [1.82, 2.24) is 4.98 Å². The minimum absolute atomic E-state index is 0.884. The van der Waals surface area contributed by atoms with Gasteiger partial charge in [0.05, 0.1) is 5.69 Å². The number of pyridine rings is 1. The van der Waals surface area contributed by atoms with Gasteiger partial charge in [-0.05, 0) is 54.9 Å². The molecule has 1 saturated carbocycles. The molecule has 2 aromatic carbocycles. The van der Waals surface area contributed by atoms with Crippen molar-refractivity contribution < 1.29 is 0 Å². The number of hydrogen-bond donors (Lipinski definition) is 0. The molecule has 0 bridgehead atoms. The number of fused-ring (bicyclic) bond motifs is 1. The summed E-state index contributed by atoms with van der Waals surface area (Å²) in [6.45, 7) is 4.33. The van der Waals surface area contributed by atoms with Gasteiger partial charge in [-0.1, -0.05) is 66.5 Å². The van der Waals surface area contributed by atoms with E-state index in [4.69, 9.17) is 4.98 Å². The zero-order valence-electron chi connectivity index (χ0n) is 16.5. The van der Waals surface area contributed by atoms with Crippen LogP contribution in [0.25, 0.3) is 22.0 Å². The normalized spacial score (nSPS) is 15.0. The van der Waals surface area contributed by atoms with Gasteiger partial charge in [0.2, 0.25) is 0 Å². The lowest BCUT2D eigenvalue weighted by molar-refractivity contribution is 0.547. The van der Waals surface area contributed by atoms with Crippen molar-refractivity contribution in [2.75, 3.05) is 0 Å². The number of rotatable bonds is 3. The minimum atomic E-state index is 0.884. The summed E-state index contributed by atoms with van der Waals surface area (Å²) in [5.74, 6) is 0.884. The van der Waals surface area contributed by atoms with Crippen LogP contribution in [0.4, 0.5) is 0 Å². The van der Waals surface area contributed by atoms with Crippen LogP contribution >= 0.6 is 0 Å². The molecule has 26 heavy (non-hydrogen) atoms. The lowest BCUT2D eigenvalue weighted by Gasteiger charge is -2.15. The zero-order chi connectivity index (χ0) is 18.3. The summed E-state index contributed by atoms with van der Waals surface area (Å²) in [6, 6.07) is 13.8. The Morgan fingerprint density at radius 3 is 2.31 bits per heavy atom. The number of hydrogen-bond acceptors (Lipinski definition) is 1. The fourth-order valence-electron chi connectivity index (χ4n) is 4.62. The van der Waals surface area contributed by atoms with Gasteiger partial charge in [-0.25, -0.2) is 0 Å². The third kappa shape index (κ3) is 3.32. The highest BCUT2D eigenvalue weighted by Gasteiger charge is 2.17. The summed E-state index contributed by atoms with van der Waals surface area (Å²) < 4.78 is 0. The van der Waals surface area contributed by atoms with E-state index in [0.717, 1.165) is 17.2 Å². The van der Waals surface area contributed by atoms with Crippen LogP contribution < -0.4 is 11.1 Å². The smallest absolute Gasteiger partial charge is 0.163 e. The molecular weight excluding hydrogens is 312 g/mol. The van der Waals surface area contributed by atoms with Gasteiger partial charge < -0.3 is 0 Å². The first-order valence-electron chi connectivity index (χ1n) is 10.00. The molecule has 3 aromatic rings. The number of aromatic nitrogens is 1. The second-order valence-corrected chi connectivity index (χ2v) is 8.28. The second-order valence-electron chi connectivity index (χ2n) is 8.28. The topological polar surface area (TPSA) is 12.9 Å². The molecule has 0 atom stereocenters. The Morgan fingerprint density at radius 2 is 1.62 bits per heavy atom. The Hall–Kier alpha value is -2.02. The Labute approximate surface area is 159 Å². The van der Waals surface area contributed by atoms with Crippen molar-refractivity contribution in [3.8, 4) is 11.3 Å². The fourth-order valence-corrected chi connectivity index (χ4v) is 4.62. The molecular formula is C23H27B2N. The molecule has 3 heteroatoms. The van der Waals surface area contributed by atoms with Crippen LogP contribution in [0.1, 0.15) is 42.4 Å². The van der Waals surface area contributed by atoms with Crippen molar-refractivity contribution in [2.24, 2.45) is 5.92 Å². The maximum Gasteiger partial charge on any atom is 0.163 e. The third-order valence-corrected chi connectivity index (χ3v) is 6.06. The van der Waals surface area contributed by atoms with E-state index in [1.54, 1.807) is 0 Å². The van der Waals surface area contributed by atoms with Gasteiger partial charge >= 0.3 is 0 Å². The Balaban J connectivity index is 1.84. The van der Waals surface area contributed by atoms with Crippen LogP contribution in [0.15, 0.2) is 36.4 Å². The molecule has 4 rings (SSSR count). The van der Waals surface area contributed by atoms with E-state index in [-0.39, 0.29) is 0 Å². The van der Waals surface area contributed by atoms with E-state index in [9.17, 15) is 0 Å². The highest BCUT2D eigenvalue weighted by molar-refractivity contribution is 6.52. The first-order valence-corrected chi connectivity index (χ1v) is 10.00. The Kier molecular flexibility index (Phi) is 4.65. The summed E-state index contributed by atoms with van der Waals surface area (Å²) in [5, 5.41) is 2.66. The molecule has 130 valence electrons. The SMILES string of the molecule is Bc1nc(-c2cc(C)cc(C)c2)c2ccc(CC3CCCC3)cc2c1B. The van der Waals surface area contributed by atoms with Crippen molar-refractivity contribution >= 4 is 37.5 Å². The van der Waals surface area contributed by atoms with Crippen LogP contribution in [-0.4, -0.2) is 20.7 Å². The van der Waals surface area contributed by atoms with Crippen LogP contribution in [0.3, 0.4) is 0 Å². The van der Waals surface area contributed by atoms with Crippen LogP contribution in [0.5, 0.6) is 0 Å². The zero-order valence-corrected chi connectivity index (χ0v) is 16.5. The van der Waals surface area contributed by atoms with Gasteiger partial charge in [-0.2, -0.15) is 0 Å². The largest absolute Gasteiger partial charge is 0.264 e. The molecule has 0 unspecified atom stereocenters. The summed E-state index contributed by atoms with van der Waals surface area (Å²) in [5.41, 5.74) is 8.91. The van der Waals surface area contributed by atoms with Gasteiger partial charge in [-0.3, -0.25) is 4.98 Å². The highest BCUT2D eigenvalue weighted by atomic mass is 14.7. The minimum Gasteiger partial charge on any atom is -0.264 e. The predicted molar refractivity (Wildman–Crippen MR) is 119 cm³/mol. The van der Waals surface area contributed by atoms with Crippen molar-refractivity contribution in [3.05, 3.63) is 53.1 Å². The Bertz CT molecular complexity index is 951. The van der Waals surface area contributed by atoms with Gasteiger partial charge in [-0.15, -0.1) is 0 Å². The molecule has 0 spiro atoms. The molecule has 1 aliphatic rings. The van der Waals surface area contributed by atoms with E-state index in [1.807, 2.05) is 0 Å². The number of aryl methyl sites for hydroxylation is 2. The van der Waals surface area contributed by atoms with E-state index in [1.165, 1.54) is 70.6 Å². The monoisotopic (exact) mass is 339 g/mol. The molecule has 0 amide bonds. The molecule has 1 fully saturated rings. The molecule has 0 N–H and O–H groups in total. The molecule has 1 heterocycles. The van der Waals surface area contributed by atoms with Crippen molar-refractivity contribution in [3.63, 3.8) is 0 Å². The third-order valence-electron chi connectivity index (χ3n) is 6.06. The molecule has 0 saturated heterocycles. The average Bonchev–Trinajstić information content (AvgIpc) is 3.10. The lowest BCUT2D eigenvalue weighted by Crippen LogP contribution is -2.30. The molecule has 1 nitrogen and oxygen atoms in total.